The summed E-state index contributed by atoms with van der Waals surface area (Å²) in [5.74, 6) is 0.505. The first-order chi connectivity index (χ1) is 9.61. The number of pyridine rings is 1. The molecule has 0 aliphatic heterocycles. The van der Waals surface area contributed by atoms with Gasteiger partial charge in [-0.15, -0.1) is 0 Å². The number of nitro groups is 1. The van der Waals surface area contributed by atoms with Gasteiger partial charge in [0.15, 0.2) is 0 Å². The van der Waals surface area contributed by atoms with E-state index in [9.17, 15) is 10.1 Å². The van der Waals surface area contributed by atoms with Crippen molar-refractivity contribution in [2.24, 2.45) is 0 Å². The minimum absolute atomic E-state index is 0.0815. The van der Waals surface area contributed by atoms with Crippen molar-refractivity contribution in [2.45, 2.75) is 13.0 Å². The number of hydrogen-bond donors (Lipinski definition) is 1. The van der Waals surface area contributed by atoms with Crippen LogP contribution in [0.5, 0.6) is 11.6 Å². The molecule has 2 rings (SSSR count). The summed E-state index contributed by atoms with van der Waals surface area (Å²) in [5, 5.41) is 14.0. The molecule has 20 heavy (non-hydrogen) atoms. The van der Waals surface area contributed by atoms with Gasteiger partial charge in [0, 0.05) is 24.4 Å². The molecule has 0 fully saturated rings. The standard InChI is InChI=1S/C14H15N3O3/c1-10(15-2)11-7-8-14(16-9-11)20-13-6-4-3-5-12(13)17(18)19/h3-10,15H,1-2H3. The number of nitro benzene ring substituents is 1. The van der Waals surface area contributed by atoms with E-state index < -0.39 is 4.92 Å². The molecule has 1 heterocycles. The molecule has 0 amide bonds. The Labute approximate surface area is 116 Å². The van der Waals surface area contributed by atoms with E-state index in [4.69, 9.17) is 4.74 Å². The highest BCUT2D eigenvalue weighted by atomic mass is 16.6. The van der Waals surface area contributed by atoms with Crippen molar-refractivity contribution in [3.63, 3.8) is 0 Å². The number of hydrogen-bond acceptors (Lipinski definition) is 5. The molecule has 6 heteroatoms. The average Bonchev–Trinajstić information content (AvgIpc) is 2.47. The summed E-state index contributed by atoms with van der Waals surface area (Å²) in [6, 6.07) is 9.97. The zero-order chi connectivity index (χ0) is 14.5. The number of nitrogens with zero attached hydrogens (tertiary/aromatic N) is 2. The Morgan fingerprint density at radius 2 is 2.05 bits per heavy atom. The molecule has 0 bridgehead atoms. The molecule has 104 valence electrons. The Kier molecular flexibility index (Phi) is 4.27. The van der Waals surface area contributed by atoms with Gasteiger partial charge >= 0.3 is 5.69 Å². The van der Waals surface area contributed by atoms with Crippen LogP contribution in [0.4, 0.5) is 5.69 Å². The summed E-state index contributed by atoms with van der Waals surface area (Å²) in [5.41, 5.74) is 0.935. The number of aromatic nitrogens is 1. The lowest BCUT2D eigenvalue weighted by atomic mass is 10.1. The Hall–Kier alpha value is -2.47. The highest BCUT2D eigenvalue weighted by Gasteiger charge is 2.15. The molecule has 6 nitrogen and oxygen atoms in total. The molecule has 0 radical (unpaired) electrons. The van der Waals surface area contributed by atoms with Crippen LogP contribution in [0.15, 0.2) is 42.6 Å². The van der Waals surface area contributed by atoms with E-state index in [1.165, 1.54) is 6.07 Å². The molecule has 2 aromatic rings. The second-order valence-electron chi connectivity index (χ2n) is 4.27. The first kappa shape index (κ1) is 14.0. The summed E-state index contributed by atoms with van der Waals surface area (Å²) < 4.78 is 5.47. The largest absolute Gasteiger partial charge is 0.432 e. The Balaban J connectivity index is 2.20. The van der Waals surface area contributed by atoms with Crippen molar-refractivity contribution >= 4 is 5.69 Å². The lowest BCUT2D eigenvalue weighted by molar-refractivity contribution is -0.385. The van der Waals surface area contributed by atoms with Gasteiger partial charge in [0.1, 0.15) is 0 Å². The van der Waals surface area contributed by atoms with Crippen LogP contribution in [0.2, 0.25) is 0 Å². The third-order valence-electron chi connectivity index (χ3n) is 2.97. The van der Waals surface area contributed by atoms with Crippen LogP contribution < -0.4 is 10.1 Å². The Morgan fingerprint density at radius 3 is 2.65 bits per heavy atom. The molecule has 0 saturated heterocycles. The molecular weight excluding hydrogens is 258 g/mol. The molecular formula is C14H15N3O3. The Bertz CT molecular complexity index is 599. The predicted molar refractivity (Wildman–Crippen MR) is 74.9 cm³/mol. The summed E-state index contributed by atoms with van der Waals surface area (Å²) in [7, 11) is 1.86. The molecule has 0 aliphatic carbocycles. The summed E-state index contributed by atoms with van der Waals surface area (Å²) >= 11 is 0. The van der Waals surface area contributed by atoms with Crippen LogP contribution in [0.1, 0.15) is 18.5 Å². The topological polar surface area (TPSA) is 77.3 Å². The van der Waals surface area contributed by atoms with E-state index in [1.54, 1.807) is 30.5 Å². The molecule has 0 spiro atoms. The molecule has 0 saturated carbocycles. The maximum absolute atomic E-state index is 10.9. The van der Waals surface area contributed by atoms with Gasteiger partial charge < -0.3 is 10.1 Å². The smallest absolute Gasteiger partial charge is 0.311 e. The average molecular weight is 273 g/mol. The summed E-state index contributed by atoms with van der Waals surface area (Å²) in [6.07, 6.45) is 1.69. The number of rotatable bonds is 5. The van der Waals surface area contributed by atoms with Gasteiger partial charge in [0.05, 0.1) is 4.92 Å². The zero-order valence-electron chi connectivity index (χ0n) is 11.2. The third kappa shape index (κ3) is 3.10. The predicted octanol–water partition coefficient (Wildman–Crippen LogP) is 3.06. The molecule has 1 atom stereocenters. The van der Waals surface area contributed by atoms with E-state index in [1.807, 2.05) is 20.0 Å². The van der Waals surface area contributed by atoms with Crippen molar-refractivity contribution < 1.29 is 9.66 Å². The molecule has 1 aromatic carbocycles. The van der Waals surface area contributed by atoms with E-state index >= 15 is 0 Å². The van der Waals surface area contributed by atoms with Gasteiger partial charge in [0.2, 0.25) is 11.6 Å². The highest BCUT2D eigenvalue weighted by Crippen LogP contribution is 2.30. The minimum atomic E-state index is -0.479. The van der Waals surface area contributed by atoms with Crippen LogP contribution in [-0.4, -0.2) is 17.0 Å². The van der Waals surface area contributed by atoms with Gasteiger partial charge in [-0.3, -0.25) is 10.1 Å². The number of benzene rings is 1. The second-order valence-corrected chi connectivity index (χ2v) is 4.27. The number of para-hydroxylation sites is 2. The first-order valence-corrected chi connectivity index (χ1v) is 6.16. The lowest BCUT2D eigenvalue weighted by Crippen LogP contribution is -2.12. The Morgan fingerprint density at radius 1 is 1.30 bits per heavy atom. The van der Waals surface area contributed by atoms with Crippen LogP contribution in [-0.2, 0) is 0 Å². The minimum Gasteiger partial charge on any atom is -0.432 e. The van der Waals surface area contributed by atoms with Crippen molar-refractivity contribution in [1.29, 1.82) is 0 Å². The van der Waals surface area contributed by atoms with Gasteiger partial charge in [-0.05, 0) is 25.6 Å². The normalized spacial score (nSPS) is 11.9. The molecule has 0 aliphatic rings. The highest BCUT2D eigenvalue weighted by molar-refractivity contribution is 5.47. The number of nitrogens with one attached hydrogen (secondary N) is 1. The number of ether oxygens (including phenoxy) is 1. The summed E-state index contributed by atoms with van der Waals surface area (Å²) in [4.78, 5) is 14.6. The van der Waals surface area contributed by atoms with Gasteiger partial charge in [0.25, 0.3) is 0 Å². The second kappa shape index (κ2) is 6.12. The van der Waals surface area contributed by atoms with E-state index in [2.05, 4.69) is 10.3 Å². The van der Waals surface area contributed by atoms with E-state index in [-0.39, 0.29) is 17.5 Å². The van der Waals surface area contributed by atoms with Crippen molar-refractivity contribution in [2.75, 3.05) is 7.05 Å². The molecule has 1 unspecified atom stereocenters. The van der Waals surface area contributed by atoms with Crippen LogP contribution >= 0.6 is 0 Å². The van der Waals surface area contributed by atoms with Gasteiger partial charge in [-0.2, -0.15) is 0 Å². The first-order valence-electron chi connectivity index (χ1n) is 6.16. The van der Waals surface area contributed by atoms with Crippen LogP contribution in [0.3, 0.4) is 0 Å². The SMILES string of the molecule is CNC(C)c1ccc(Oc2ccccc2[N+](=O)[O-])nc1. The maximum Gasteiger partial charge on any atom is 0.311 e. The van der Waals surface area contributed by atoms with E-state index in [0.717, 1.165) is 5.56 Å². The molecule has 1 N–H and O–H groups in total. The fraction of sp³-hybridized carbons (Fsp3) is 0.214. The van der Waals surface area contributed by atoms with Crippen molar-refractivity contribution in [1.82, 2.24) is 10.3 Å². The van der Waals surface area contributed by atoms with Crippen molar-refractivity contribution in [3.05, 3.63) is 58.3 Å². The molecule has 1 aromatic heterocycles. The van der Waals surface area contributed by atoms with E-state index in [0.29, 0.717) is 5.88 Å². The lowest BCUT2D eigenvalue weighted by Gasteiger charge is -2.10. The zero-order valence-corrected chi connectivity index (χ0v) is 11.2. The van der Waals surface area contributed by atoms with Gasteiger partial charge in [-0.1, -0.05) is 18.2 Å². The fourth-order valence-corrected chi connectivity index (χ4v) is 1.68. The maximum atomic E-state index is 10.9. The summed E-state index contributed by atoms with van der Waals surface area (Å²) in [6.45, 7) is 2.01. The van der Waals surface area contributed by atoms with Gasteiger partial charge in [-0.25, -0.2) is 4.98 Å². The van der Waals surface area contributed by atoms with Crippen LogP contribution in [0, 0.1) is 10.1 Å². The van der Waals surface area contributed by atoms with Crippen molar-refractivity contribution in [3.8, 4) is 11.6 Å². The van der Waals surface area contributed by atoms with Crippen LogP contribution in [0.25, 0.3) is 0 Å². The quantitative estimate of drug-likeness (QED) is 0.669. The monoisotopic (exact) mass is 273 g/mol. The third-order valence-corrected chi connectivity index (χ3v) is 2.97. The fourth-order valence-electron chi connectivity index (χ4n) is 1.68.